The van der Waals surface area contributed by atoms with Gasteiger partial charge in [-0.05, 0) is 25.1 Å². The zero-order chi connectivity index (χ0) is 17.3. The maximum Gasteiger partial charge on any atom is 0.270 e. The van der Waals surface area contributed by atoms with Crippen molar-refractivity contribution in [1.82, 2.24) is 4.13 Å². The van der Waals surface area contributed by atoms with Crippen molar-refractivity contribution < 1.29 is 21.8 Å². The standard InChI is InChI=1S/C13H12N2O6S2/c1-10-5-7-12(8-6-10)22(18,19)14-23(20,21)13-4-2-3-11(9-13)15(16)17/h2-9,14H,1H3. The first-order chi connectivity index (χ1) is 10.6. The number of hydrogen-bond donors (Lipinski definition) is 1. The van der Waals surface area contributed by atoms with Crippen LogP contribution in [0.1, 0.15) is 5.56 Å². The lowest BCUT2D eigenvalue weighted by atomic mass is 10.2. The summed E-state index contributed by atoms with van der Waals surface area (Å²) < 4.78 is 50.1. The Balaban J connectivity index is 2.39. The van der Waals surface area contributed by atoms with Gasteiger partial charge in [0.15, 0.2) is 0 Å². The van der Waals surface area contributed by atoms with E-state index in [2.05, 4.69) is 0 Å². The number of rotatable bonds is 5. The Kier molecular flexibility index (Phi) is 4.50. The summed E-state index contributed by atoms with van der Waals surface area (Å²) in [5.74, 6) is 0. The molecular formula is C13H12N2O6S2. The van der Waals surface area contributed by atoms with Crippen LogP contribution >= 0.6 is 0 Å². The van der Waals surface area contributed by atoms with Crippen molar-refractivity contribution in [2.24, 2.45) is 0 Å². The van der Waals surface area contributed by atoms with Gasteiger partial charge in [-0.2, -0.15) is 0 Å². The molecule has 0 unspecified atom stereocenters. The lowest BCUT2D eigenvalue weighted by Crippen LogP contribution is -2.30. The molecule has 0 spiro atoms. The molecule has 0 atom stereocenters. The van der Waals surface area contributed by atoms with E-state index in [9.17, 15) is 26.9 Å². The second kappa shape index (κ2) is 6.07. The molecule has 2 rings (SSSR count). The molecule has 0 saturated heterocycles. The zero-order valence-electron chi connectivity index (χ0n) is 11.8. The smallest absolute Gasteiger partial charge is 0.258 e. The number of non-ortho nitro benzene ring substituents is 1. The topological polar surface area (TPSA) is 123 Å². The number of nitrogens with one attached hydrogen (secondary N) is 1. The molecule has 0 radical (unpaired) electrons. The van der Waals surface area contributed by atoms with Crippen LogP contribution in [0.15, 0.2) is 58.3 Å². The highest BCUT2D eigenvalue weighted by atomic mass is 32.3. The average Bonchev–Trinajstić information content (AvgIpc) is 2.46. The minimum atomic E-state index is -4.47. The van der Waals surface area contributed by atoms with E-state index >= 15 is 0 Å². The molecule has 0 fully saturated rings. The van der Waals surface area contributed by atoms with Gasteiger partial charge in [0, 0.05) is 12.1 Å². The first kappa shape index (κ1) is 17.1. The van der Waals surface area contributed by atoms with Gasteiger partial charge >= 0.3 is 0 Å². The maximum absolute atomic E-state index is 12.1. The normalized spacial score (nSPS) is 12.0. The molecule has 8 nitrogen and oxygen atoms in total. The highest BCUT2D eigenvalue weighted by molar-refractivity contribution is 8.04. The van der Waals surface area contributed by atoms with Crippen LogP contribution in [0.25, 0.3) is 0 Å². The van der Waals surface area contributed by atoms with Gasteiger partial charge in [-0.25, -0.2) is 16.8 Å². The molecule has 0 amide bonds. The molecule has 2 aromatic carbocycles. The van der Waals surface area contributed by atoms with E-state index in [4.69, 9.17) is 0 Å². The predicted octanol–water partition coefficient (Wildman–Crippen LogP) is 1.57. The van der Waals surface area contributed by atoms with E-state index in [0.29, 0.717) is 0 Å². The van der Waals surface area contributed by atoms with E-state index in [0.717, 1.165) is 29.8 Å². The predicted molar refractivity (Wildman–Crippen MR) is 81.8 cm³/mol. The van der Waals surface area contributed by atoms with Gasteiger partial charge in [-0.3, -0.25) is 10.1 Å². The summed E-state index contributed by atoms with van der Waals surface area (Å²) in [6, 6.07) is 9.69. The van der Waals surface area contributed by atoms with Crippen LogP contribution in [0.5, 0.6) is 0 Å². The molecule has 122 valence electrons. The molecule has 10 heteroatoms. The lowest BCUT2D eigenvalue weighted by Gasteiger charge is -2.08. The van der Waals surface area contributed by atoms with Crippen molar-refractivity contribution in [3.05, 3.63) is 64.2 Å². The van der Waals surface area contributed by atoms with Crippen molar-refractivity contribution in [3.63, 3.8) is 0 Å². The highest BCUT2D eigenvalue weighted by Gasteiger charge is 2.25. The van der Waals surface area contributed by atoms with Crippen molar-refractivity contribution >= 4 is 25.7 Å². The number of nitro benzene ring substituents is 1. The number of nitro groups is 1. The molecule has 0 heterocycles. The molecule has 0 aliphatic rings. The Labute approximate surface area is 133 Å². The Morgan fingerprint density at radius 1 is 0.913 bits per heavy atom. The number of hydrogen-bond acceptors (Lipinski definition) is 6. The number of aryl methyl sites for hydroxylation is 1. The van der Waals surface area contributed by atoms with Gasteiger partial charge in [0.05, 0.1) is 14.7 Å². The molecule has 0 aliphatic carbocycles. The minimum Gasteiger partial charge on any atom is -0.258 e. The Hall–Kier alpha value is -2.30. The molecule has 0 aliphatic heterocycles. The van der Waals surface area contributed by atoms with Gasteiger partial charge in [-0.1, -0.05) is 23.8 Å². The van der Waals surface area contributed by atoms with E-state index in [1.54, 1.807) is 11.1 Å². The van der Waals surface area contributed by atoms with E-state index in [-0.39, 0.29) is 4.90 Å². The van der Waals surface area contributed by atoms with Crippen LogP contribution in [0.4, 0.5) is 5.69 Å². The molecule has 2 aromatic rings. The first-order valence-electron chi connectivity index (χ1n) is 6.21. The number of sulfonamides is 2. The number of nitrogens with zero attached hydrogens (tertiary/aromatic N) is 1. The van der Waals surface area contributed by atoms with Crippen molar-refractivity contribution in [2.45, 2.75) is 16.7 Å². The minimum absolute atomic E-state index is 0.225. The lowest BCUT2D eigenvalue weighted by molar-refractivity contribution is -0.385. The molecule has 0 aromatic heterocycles. The van der Waals surface area contributed by atoms with Crippen molar-refractivity contribution in [1.29, 1.82) is 0 Å². The summed E-state index contributed by atoms with van der Waals surface area (Å²) in [6.45, 7) is 1.75. The maximum atomic E-state index is 12.1. The van der Waals surface area contributed by atoms with Gasteiger partial charge in [-0.15, -0.1) is 4.13 Å². The zero-order valence-corrected chi connectivity index (χ0v) is 13.5. The second-order valence-corrected chi connectivity index (χ2v) is 8.28. The second-order valence-electron chi connectivity index (χ2n) is 4.66. The van der Waals surface area contributed by atoms with Gasteiger partial charge in [0.25, 0.3) is 25.7 Å². The fraction of sp³-hybridized carbons (Fsp3) is 0.0769. The van der Waals surface area contributed by atoms with Crippen LogP contribution in [0, 0.1) is 17.0 Å². The summed E-state index contributed by atoms with van der Waals surface area (Å²) in [5.41, 5.74) is 0.353. The van der Waals surface area contributed by atoms with Crippen LogP contribution in [-0.2, 0) is 20.0 Å². The largest absolute Gasteiger partial charge is 0.270 e. The Morgan fingerprint density at radius 3 is 2.04 bits per heavy atom. The SMILES string of the molecule is Cc1ccc(S(=O)(=O)NS(=O)(=O)c2cccc([N+](=O)[O-])c2)cc1. The third kappa shape index (κ3) is 3.92. The van der Waals surface area contributed by atoms with Crippen LogP contribution in [0.2, 0.25) is 0 Å². The Bertz CT molecular complexity index is 950. The van der Waals surface area contributed by atoms with Gasteiger partial charge in [0.1, 0.15) is 0 Å². The summed E-state index contributed by atoms with van der Waals surface area (Å²) in [7, 11) is -8.80. The first-order valence-corrected chi connectivity index (χ1v) is 9.18. The van der Waals surface area contributed by atoms with Gasteiger partial charge < -0.3 is 0 Å². The van der Waals surface area contributed by atoms with E-state index < -0.39 is 35.6 Å². The third-order valence-electron chi connectivity index (χ3n) is 2.89. The molecular weight excluding hydrogens is 344 g/mol. The summed E-state index contributed by atoms with van der Waals surface area (Å²) in [4.78, 5) is 9.18. The third-order valence-corrected chi connectivity index (χ3v) is 6.41. The number of benzene rings is 2. The molecule has 0 saturated carbocycles. The fourth-order valence-corrected chi connectivity index (χ4v) is 4.68. The fourth-order valence-electron chi connectivity index (χ4n) is 1.72. The molecule has 1 N–H and O–H groups in total. The summed E-state index contributed by atoms with van der Waals surface area (Å²) in [6.07, 6.45) is 0. The average molecular weight is 356 g/mol. The monoisotopic (exact) mass is 356 g/mol. The van der Waals surface area contributed by atoms with E-state index in [1.807, 2.05) is 0 Å². The highest BCUT2D eigenvalue weighted by Crippen LogP contribution is 2.19. The van der Waals surface area contributed by atoms with Crippen molar-refractivity contribution in [3.8, 4) is 0 Å². The van der Waals surface area contributed by atoms with Crippen LogP contribution in [0.3, 0.4) is 0 Å². The van der Waals surface area contributed by atoms with Crippen LogP contribution < -0.4 is 4.13 Å². The van der Waals surface area contributed by atoms with E-state index in [1.165, 1.54) is 24.3 Å². The molecule has 23 heavy (non-hydrogen) atoms. The Morgan fingerprint density at radius 2 is 1.48 bits per heavy atom. The summed E-state index contributed by atoms with van der Waals surface area (Å²) >= 11 is 0. The van der Waals surface area contributed by atoms with Gasteiger partial charge in [0.2, 0.25) is 0 Å². The molecule has 0 bridgehead atoms. The van der Waals surface area contributed by atoms with Crippen LogP contribution in [-0.4, -0.2) is 21.8 Å². The summed E-state index contributed by atoms with van der Waals surface area (Å²) in [5, 5.41) is 10.7. The van der Waals surface area contributed by atoms with Crippen molar-refractivity contribution in [2.75, 3.05) is 0 Å². The quantitative estimate of drug-likeness (QED) is 0.640.